The summed E-state index contributed by atoms with van der Waals surface area (Å²) in [7, 11) is 0. The minimum atomic E-state index is -0.540. The standard InChI is InChI=1S/C19H24N2O3/c1-4-19(5-2,17-12-23-17)24-18(22)16-11-20-13-21(16)14(3)15-9-7-6-8-10-15/h6-11,13-14,17H,4-5,12H2,1-3H3/t14-,17?/m1/s1. The molecule has 0 N–H and O–H groups in total. The van der Waals surface area contributed by atoms with E-state index < -0.39 is 5.60 Å². The zero-order valence-electron chi connectivity index (χ0n) is 14.4. The second-order valence-electron chi connectivity index (χ2n) is 6.26. The molecule has 0 amide bonds. The molecule has 1 fully saturated rings. The molecule has 1 unspecified atom stereocenters. The second kappa shape index (κ2) is 6.77. The molecule has 2 aromatic rings. The third-order valence-electron chi connectivity index (χ3n) is 4.99. The molecule has 1 saturated heterocycles. The molecule has 0 aliphatic carbocycles. The highest BCUT2D eigenvalue weighted by molar-refractivity contribution is 5.87. The summed E-state index contributed by atoms with van der Waals surface area (Å²) >= 11 is 0. The van der Waals surface area contributed by atoms with Crippen molar-refractivity contribution in [3.8, 4) is 0 Å². The van der Waals surface area contributed by atoms with E-state index in [1.54, 1.807) is 12.5 Å². The molecule has 3 rings (SSSR count). The summed E-state index contributed by atoms with van der Waals surface area (Å²) in [5, 5.41) is 0. The van der Waals surface area contributed by atoms with Gasteiger partial charge in [0.25, 0.3) is 0 Å². The molecular weight excluding hydrogens is 304 g/mol. The van der Waals surface area contributed by atoms with Crippen molar-refractivity contribution < 1.29 is 14.3 Å². The van der Waals surface area contributed by atoms with Gasteiger partial charge < -0.3 is 14.0 Å². The Morgan fingerprint density at radius 2 is 2.04 bits per heavy atom. The summed E-state index contributed by atoms with van der Waals surface area (Å²) in [5.41, 5.74) is 1.05. The van der Waals surface area contributed by atoms with Crippen LogP contribution in [0, 0.1) is 0 Å². The number of esters is 1. The predicted molar refractivity (Wildman–Crippen MR) is 91.0 cm³/mol. The Morgan fingerprint density at radius 3 is 2.62 bits per heavy atom. The molecule has 24 heavy (non-hydrogen) atoms. The molecule has 0 bridgehead atoms. The molecule has 0 saturated carbocycles. The predicted octanol–water partition coefficient (Wildman–Crippen LogP) is 3.61. The van der Waals surface area contributed by atoms with Gasteiger partial charge in [0.1, 0.15) is 17.4 Å². The summed E-state index contributed by atoms with van der Waals surface area (Å²) in [6.45, 7) is 6.77. The first-order chi connectivity index (χ1) is 11.6. The van der Waals surface area contributed by atoms with E-state index in [1.165, 1.54) is 0 Å². The Labute approximate surface area is 142 Å². The number of carbonyl (C=O) groups is 1. The van der Waals surface area contributed by atoms with Crippen LogP contribution in [-0.2, 0) is 9.47 Å². The van der Waals surface area contributed by atoms with Crippen molar-refractivity contribution in [3.05, 3.63) is 54.1 Å². The maximum atomic E-state index is 12.8. The summed E-state index contributed by atoms with van der Waals surface area (Å²) < 4.78 is 13.2. The van der Waals surface area contributed by atoms with E-state index in [-0.39, 0.29) is 18.1 Å². The van der Waals surface area contributed by atoms with E-state index in [4.69, 9.17) is 9.47 Å². The maximum absolute atomic E-state index is 12.8. The topological polar surface area (TPSA) is 56.6 Å². The van der Waals surface area contributed by atoms with Crippen molar-refractivity contribution in [2.24, 2.45) is 0 Å². The van der Waals surface area contributed by atoms with Crippen LogP contribution in [0.5, 0.6) is 0 Å². The lowest BCUT2D eigenvalue weighted by Gasteiger charge is -2.30. The van der Waals surface area contributed by atoms with E-state index in [0.717, 1.165) is 18.4 Å². The van der Waals surface area contributed by atoms with Crippen LogP contribution >= 0.6 is 0 Å². The normalized spacial score (nSPS) is 18.2. The van der Waals surface area contributed by atoms with Gasteiger partial charge in [0, 0.05) is 0 Å². The molecule has 2 heterocycles. The third kappa shape index (κ3) is 3.08. The van der Waals surface area contributed by atoms with Crippen LogP contribution in [0.1, 0.15) is 55.7 Å². The van der Waals surface area contributed by atoms with Gasteiger partial charge in [-0.15, -0.1) is 0 Å². The van der Waals surface area contributed by atoms with Crippen LogP contribution in [0.4, 0.5) is 0 Å². The Bertz CT molecular complexity index is 688. The van der Waals surface area contributed by atoms with Crippen molar-refractivity contribution >= 4 is 5.97 Å². The van der Waals surface area contributed by atoms with Gasteiger partial charge >= 0.3 is 5.97 Å². The summed E-state index contributed by atoms with van der Waals surface area (Å²) in [6, 6.07) is 10.0. The average molecular weight is 328 g/mol. The Morgan fingerprint density at radius 1 is 1.38 bits per heavy atom. The van der Waals surface area contributed by atoms with Crippen molar-refractivity contribution in [3.63, 3.8) is 0 Å². The molecular formula is C19H24N2O3. The molecule has 5 heteroatoms. The van der Waals surface area contributed by atoms with Crippen molar-refractivity contribution in [1.29, 1.82) is 0 Å². The number of aromatic nitrogens is 2. The summed E-state index contributed by atoms with van der Waals surface area (Å²) in [4.78, 5) is 17.0. The van der Waals surface area contributed by atoms with Gasteiger partial charge in [0.05, 0.1) is 25.2 Å². The monoisotopic (exact) mass is 328 g/mol. The number of nitrogens with zero attached hydrogens (tertiary/aromatic N) is 2. The van der Waals surface area contributed by atoms with Gasteiger partial charge in [-0.05, 0) is 25.3 Å². The number of imidazole rings is 1. The highest BCUT2D eigenvalue weighted by Crippen LogP contribution is 2.35. The minimum Gasteiger partial charge on any atom is -0.452 e. The number of hydrogen-bond acceptors (Lipinski definition) is 4. The van der Waals surface area contributed by atoms with E-state index in [9.17, 15) is 4.79 Å². The number of hydrogen-bond donors (Lipinski definition) is 0. The van der Waals surface area contributed by atoms with Crippen LogP contribution in [0.2, 0.25) is 0 Å². The highest BCUT2D eigenvalue weighted by Gasteiger charge is 2.48. The van der Waals surface area contributed by atoms with Crippen LogP contribution in [0.25, 0.3) is 0 Å². The van der Waals surface area contributed by atoms with Crippen LogP contribution < -0.4 is 0 Å². The zero-order chi connectivity index (χ0) is 17.2. The number of rotatable bonds is 7. The largest absolute Gasteiger partial charge is 0.452 e. The third-order valence-corrected chi connectivity index (χ3v) is 4.99. The number of benzene rings is 1. The van der Waals surface area contributed by atoms with Crippen LogP contribution in [-0.4, -0.2) is 33.8 Å². The zero-order valence-corrected chi connectivity index (χ0v) is 14.4. The first-order valence-electron chi connectivity index (χ1n) is 8.53. The fraction of sp³-hybridized carbons (Fsp3) is 0.474. The van der Waals surface area contributed by atoms with Crippen LogP contribution in [0.3, 0.4) is 0 Å². The fourth-order valence-corrected chi connectivity index (χ4v) is 3.17. The number of ether oxygens (including phenoxy) is 2. The van der Waals surface area contributed by atoms with E-state index in [1.807, 2.05) is 55.7 Å². The first-order valence-corrected chi connectivity index (χ1v) is 8.53. The van der Waals surface area contributed by atoms with Gasteiger partial charge in [-0.25, -0.2) is 9.78 Å². The second-order valence-corrected chi connectivity index (χ2v) is 6.26. The number of epoxide rings is 1. The molecule has 128 valence electrons. The Hall–Kier alpha value is -2.14. The Balaban J connectivity index is 1.83. The lowest BCUT2D eigenvalue weighted by atomic mass is 9.93. The smallest absolute Gasteiger partial charge is 0.357 e. The minimum absolute atomic E-state index is 0.00563. The van der Waals surface area contributed by atoms with Gasteiger partial charge in [-0.2, -0.15) is 0 Å². The van der Waals surface area contributed by atoms with Gasteiger partial charge in [0.15, 0.2) is 0 Å². The lowest BCUT2D eigenvalue weighted by molar-refractivity contribution is -0.0382. The molecule has 1 aromatic heterocycles. The Kier molecular flexibility index (Phi) is 4.71. The van der Waals surface area contributed by atoms with Gasteiger partial charge in [0.2, 0.25) is 0 Å². The van der Waals surface area contributed by atoms with Crippen LogP contribution in [0.15, 0.2) is 42.9 Å². The summed E-state index contributed by atoms with van der Waals surface area (Å²) in [6.07, 6.45) is 4.75. The van der Waals surface area contributed by atoms with E-state index >= 15 is 0 Å². The highest BCUT2D eigenvalue weighted by atomic mass is 16.6. The van der Waals surface area contributed by atoms with Gasteiger partial charge in [-0.3, -0.25) is 0 Å². The van der Waals surface area contributed by atoms with Gasteiger partial charge in [-0.1, -0.05) is 44.2 Å². The molecule has 0 radical (unpaired) electrons. The fourth-order valence-electron chi connectivity index (χ4n) is 3.17. The molecule has 0 spiro atoms. The number of carbonyl (C=O) groups excluding carboxylic acids is 1. The van der Waals surface area contributed by atoms with Crippen molar-refractivity contribution in [1.82, 2.24) is 9.55 Å². The molecule has 2 atom stereocenters. The SMILES string of the molecule is CCC(CC)(OC(=O)c1cncn1[C@H](C)c1ccccc1)C1CO1. The van der Waals surface area contributed by atoms with E-state index in [2.05, 4.69) is 4.98 Å². The molecule has 5 nitrogen and oxygen atoms in total. The quantitative estimate of drug-likeness (QED) is 0.575. The van der Waals surface area contributed by atoms with Crippen molar-refractivity contribution in [2.75, 3.05) is 6.61 Å². The van der Waals surface area contributed by atoms with E-state index in [0.29, 0.717) is 12.3 Å². The average Bonchev–Trinajstić information content (AvgIpc) is 3.36. The molecule has 1 aliphatic heterocycles. The molecule has 1 aliphatic rings. The maximum Gasteiger partial charge on any atom is 0.357 e. The summed E-state index contributed by atoms with van der Waals surface area (Å²) in [5.74, 6) is -0.338. The first kappa shape index (κ1) is 16.7. The lowest BCUT2D eigenvalue weighted by Crippen LogP contribution is -2.40. The van der Waals surface area contributed by atoms with Crippen molar-refractivity contribution in [2.45, 2.75) is 51.4 Å². The molecule has 1 aromatic carbocycles.